The summed E-state index contributed by atoms with van der Waals surface area (Å²) in [6.07, 6.45) is 1.08. The van der Waals surface area contributed by atoms with Crippen LogP contribution in [0.1, 0.15) is 22.3 Å². The number of benzene rings is 2. The van der Waals surface area contributed by atoms with Crippen molar-refractivity contribution in [2.24, 2.45) is 0 Å². The number of halogens is 2. The zero-order valence-corrected chi connectivity index (χ0v) is 12.5. The number of hydrogen-bond acceptors (Lipinski definition) is 0. The standard InChI is InChI=1S/C15H12Br2/c16-8-10-1-3-14-12(5-10)7-13-6-11(9-17)2-4-15(13)14/h1-6H,7-9H2. The van der Waals surface area contributed by atoms with E-state index in [0.29, 0.717) is 0 Å². The Balaban J connectivity index is 2.10. The molecular weight excluding hydrogens is 340 g/mol. The molecule has 0 fully saturated rings. The van der Waals surface area contributed by atoms with E-state index in [0.717, 1.165) is 17.1 Å². The van der Waals surface area contributed by atoms with Crippen molar-refractivity contribution >= 4 is 31.9 Å². The summed E-state index contributed by atoms with van der Waals surface area (Å²) >= 11 is 7.04. The fraction of sp³-hybridized carbons (Fsp3) is 0.200. The molecule has 0 heterocycles. The Kier molecular flexibility index (Phi) is 3.10. The summed E-state index contributed by atoms with van der Waals surface area (Å²) in [5.74, 6) is 0. The van der Waals surface area contributed by atoms with Crippen molar-refractivity contribution < 1.29 is 0 Å². The lowest BCUT2D eigenvalue weighted by molar-refractivity contribution is 1.23. The van der Waals surface area contributed by atoms with Crippen LogP contribution >= 0.6 is 31.9 Å². The molecule has 0 spiro atoms. The van der Waals surface area contributed by atoms with Crippen LogP contribution < -0.4 is 0 Å². The molecule has 2 aromatic carbocycles. The van der Waals surface area contributed by atoms with E-state index in [9.17, 15) is 0 Å². The minimum absolute atomic E-state index is 0.934. The summed E-state index contributed by atoms with van der Waals surface area (Å²) in [5, 5.41) is 1.87. The third kappa shape index (κ3) is 1.98. The van der Waals surface area contributed by atoms with Crippen LogP contribution in [0.15, 0.2) is 36.4 Å². The molecule has 0 aliphatic heterocycles. The second kappa shape index (κ2) is 4.58. The maximum atomic E-state index is 3.52. The average molecular weight is 352 g/mol. The number of fused-ring (bicyclic) bond motifs is 3. The molecule has 0 radical (unpaired) electrons. The van der Waals surface area contributed by atoms with Gasteiger partial charge >= 0.3 is 0 Å². The lowest BCUT2D eigenvalue weighted by atomic mass is 10.0. The fourth-order valence-electron chi connectivity index (χ4n) is 2.48. The molecule has 0 N–H and O–H groups in total. The summed E-state index contributed by atoms with van der Waals surface area (Å²) < 4.78 is 0. The van der Waals surface area contributed by atoms with Crippen molar-refractivity contribution in [2.75, 3.05) is 0 Å². The van der Waals surface area contributed by atoms with E-state index in [4.69, 9.17) is 0 Å². The highest BCUT2D eigenvalue weighted by atomic mass is 79.9. The largest absolute Gasteiger partial charge is 0.0876 e. The van der Waals surface area contributed by atoms with Gasteiger partial charge in [0.2, 0.25) is 0 Å². The molecule has 0 unspecified atom stereocenters. The van der Waals surface area contributed by atoms with Crippen molar-refractivity contribution in [1.82, 2.24) is 0 Å². The number of hydrogen-bond donors (Lipinski definition) is 0. The van der Waals surface area contributed by atoms with Gasteiger partial charge in [-0.3, -0.25) is 0 Å². The molecule has 2 aromatic rings. The van der Waals surface area contributed by atoms with E-state index >= 15 is 0 Å². The summed E-state index contributed by atoms with van der Waals surface area (Å²) in [4.78, 5) is 0. The summed E-state index contributed by atoms with van der Waals surface area (Å²) in [7, 11) is 0. The first-order chi connectivity index (χ1) is 8.31. The molecular formula is C15H12Br2. The second-order valence-electron chi connectivity index (χ2n) is 4.43. The van der Waals surface area contributed by atoms with Crippen LogP contribution in [0, 0.1) is 0 Å². The van der Waals surface area contributed by atoms with E-state index < -0.39 is 0 Å². The Morgan fingerprint density at radius 3 is 1.65 bits per heavy atom. The molecule has 1 aliphatic carbocycles. The van der Waals surface area contributed by atoms with E-state index in [1.54, 1.807) is 0 Å². The third-order valence-corrected chi connectivity index (χ3v) is 4.61. The zero-order chi connectivity index (χ0) is 11.8. The maximum Gasteiger partial charge on any atom is 0.0283 e. The van der Waals surface area contributed by atoms with Gasteiger partial charge in [0.1, 0.15) is 0 Å². The molecule has 86 valence electrons. The Labute approximate surface area is 118 Å². The summed E-state index contributed by atoms with van der Waals surface area (Å²) in [6.45, 7) is 0. The molecule has 1 aliphatic rings. The first kappa shape index (κ1) is 11.5. The summed E-state index contributed by atoms with van der Waals surface area (Å²) in [6, 6.07) is 13.6. The molecule has 17 heavy (non-hydrogen) atoms. The van der Waals surface area contributed by atoms with Crippen molar-refractivity contribution in [3.05, 3.63) is 58.7 Å². The van der Waals surface area contributed by atoms with Crippen LogP contribution in [0.2, 0.25) is 0 Å². The van der Waals surface area contributed by atoms with E-state index in [1.165, 1.54) is 33.4 Å². The Morgan fingerprint density at radius 1 is 0.765 bits per heavy atom. The predicted octanol–water partition coefficient (Wildman–Crippen LogP) is 5.05. The van der Waals surface area contributed by atoms with Crippen molar-refractivity contribution in [3.63, 3.8) is 0 Å². The third-order valence-electron chi connectivity index (χ3n) is 3.32. The van der Waals surface area contributed by atoms with Crippen molar-refractivity contribution in [2.45, 2.75) is 17.1 Å². The molecule has 0 atom stereocenters. The highest BCUT2D eigenvalue weighted by molar-refractivity contribution is 9.08. The van der Waals surface area contributed by atoms with Gasteiger partial charge in [0.25, 0.3) is 0 Å². The smallest absolute Gasteiger partial charge is 0.0283 e. The molecule has 0 saturated carbocycles. The van der Waals surface area contributed by atoms with E-state index in [1.807, 2.05) is 0 Å². The van der Waals surface area contributed by atoms with Gasteiger partial charge in [-0.2, -0.15) is 0 Å². The molecule has 0 aromatic heterocycles. The molecule has 3 rings (SSSR count). The highest BCUT2D eigenvalue weighted by Crippen LogP contribution is 2.37. The molecule has 2 heteroatoms. The lowest BCUT2D eigenvalue weighted by Crippen LogP contribution is -1.84. The highest BCUT2D eigenvalue weighted by Gasteiger charge is 2.18. The normalized spacial score (nSPS) is 12.4. The van der Waals surface area contributed by atoms with Gasteiger partial charge in [0, 0.05) is 10.7 Å². The van der Waals surface area contributed by atoms with Crippen molar-refractivity contribution in [1.29, 1.82) is 0 Å². The Morgan fingerprint density at radius 2 is 1.24 bits per heavy atom. The van der Waals surface area contributed by atoms with Gasteiger partial charge in [-0.15, -0.1) is 0 Å². The minimum Gasteiger partial charge on any atom is -0.0876 e. The first-order valence-corrected chi connectivity index (χ1v) is 7.92. The van der Waals surface area contributed by atoms with Gasteiger partial charge in [-0.05, 0) is 39.8 Å². The minimum atomic E-state index is 0.934. The molecule has 0 amide bonds. The fourth-order valence-corrected chi connectivity index (χ4v) is 3.18. The van der Waals surface area contributed by atoms with E-state index in [2.05, 4.69) is 68.3 Å². The quantitative estimate of drug-likeness (QED) is 0.567. The zero-order valence-electron chi connectivity index (χ0n) is 9.34. The topological polar surface area (TPSA) is 0 Å². The SMILES string of the molecule is BrCc1ccc2c(c1)Cc1cc(CBr)ccc1-2. The maximum absolute atomic E-state index is 3.52. The lowest BCUT2D eigenvalue weighted by Gasteiger charge is -2.03. The second-order valence-corrected chi connectivity index (χ2v) is 5.55. The van der Waals surface area contributed by atoms with Crippen LogP contribution in [-0.2, 0) is 17.1 Å². The van der Waals surface area contributed by atoms with Crippen LogP contribution in [0.25, 0.3) is 11.1 Å². The Bertz CT molecular complexity index is 522. The van der Waals surface area contributed by atoms with Gasteiger partial charge in [-0.25, -0.2) is 0 Å². The first-order valence-electron chi connectivity index (χ1n) is 5.67. The van der Waals surface area contributed by atoms with Gasteiger partial charge in [-0.1, -0.05) is 68.3 Å². The van der Waals surface area contributed by atoms with Gasteiger partial charge in [0.05, 0.1) is 0 Å². The summed E-state index contributed by atoms with van der Waals surface area (Å²) in [5.41, 5.74) is 8.46. The van der Waals surface area contributed by atoms with Crippen LogP contribution in [0.4, 0.5) is 0 Å². The Hall–Kier alpha value is -0.600. The van der Waals surface area contributed by atoms with Crippen LogP contribution in [-0.4, -0.2) is 0 Å². The number of alkyl halides is 2. The van der Waals surface area contributed by atoms with Gasteiger partial charge in [0.15, 0.2) is 0 Å². The average Bonchev–Trinajstić information content (AvgIpc) is 2.74. The van der Waals surface area contributed by atoms with Gasteiger partial charge < -0.3 is 0 Å². The monoisotopic (exact) mass is 350 g/mol. The van der Waals surface area contributed by atoms with Crippen molar-refractivity contribution in [3.8, 4) is 11.1 Å². The van der Waals surface area contributed by atoms with Crippen LogP contribution in [0.3, 0.4) is 0 Å². The molecule has 0 nitrogen and oxygen atoms in total. The number of rotatable bonds is 2. The molecule has 0 saturated heterocycles. The predicted molar refractivity (Wildman–Crippen MR) is 79.9 cm³/mol. The van der Waals surface area contributed by atoms with E-state index in [-0.39, 0.29) is 0 Å². The molecule has 0 bridgehead atoms. The van der Waals surface area contributed by atoms with Crippen LogP contribution in [0.5, 0.6) is 0 Å².